The first-order valence-electron chi connectivity index (χ1n) is 5.34. The van der Waals surface area contributed by atoms with Crippen molar-refractivity contribution in [2.24, 2.45) is 11.8 Å². The Morgan fingerprint density at radius 2 is 1.53 bits per heavy atom. The first-order chi connectivity index (χ1) is 7.11. The highest BCUT2D eigenvalue weighted by molar-refractivity contribution is 6.62. The van der Waals surface area contributed by atoms with Crippen molar-refractivity contribution in [2.75, 3.05) is 34.5 Å². The molecule has 0 N–H and O–H groups in total. The molecule has 0 spiro atoms. The van der Waals surface area contributed by atoms with Crippen molar-refractivity contribution in [1.82, 2.24) is 0 Å². The summed E-state index contributed by atoms with van der Waals surface area (Å²) in [5.74, 6) is 1.12. The van der Waals surface area contributed by atoms with Gasteiger partial charge in [0.2, 0.25) is 0 Å². The van der Waals surface area contributed by atoms with Crippen LogP contribution in [0.2, 0.25) is 5.54 Å². The fraction of sp³-hybridized carbons (Fsp3) is 1.00. The lowest BCUT2D eigenvalue weighted by atomic mass is 9.90. The zero-order valence-electron chi connectivity index (χ0n) is 10.3. The van der Waals surface area contributed by atoms with Crippen molar-refractivity contribution in [3.05, 3.63) is 0 Å². The summed E-state index contributed by atoms with van der Waals surface area (Å²) in [6.45, 7) is 6.07. The number of hydrogen-bond acceptors (Lipinski definition) is 4. The first kappa shape index (κ1) is 13.1. The Hall–Kier alpha value is 0.0569. The summed E-state index contributed by atoms with van der Waals surface area (Å²) in [6.07, 6.45) is 0. The molecule has 4 nitrogen and oxygen atoms in total. The minimum atomic E-state index is -2.48. The van der Waals surface area contributed by atoms with Crippen molar-refractivity contribution in [1.29, 1.82) is 0 Å². The van der Waals surface area contributed by atoms with E-state index in [0.717, 1.165) is 13.2 Å². The maximum atomic E-state index is 5.49. The molecule has 0 radical (unpaired) electrons. The summed E-state index contributed by atoms with van der Waals surface area (Å²) >= 11 is 0. The summed E-state index contributed by atoms with van der Waals surface area (Å²) in [5.41, 5.74) is 0.298. The van der Waals surface area contributed by atoms with E-state index in [1.165, 1.54) is 0 Å². The van der Waals surface area contributed by atoms with Crippen molar-refractivity contribution in [3.63, 3.8) is 0 Å². The second-order valence-electron chi connectivity index (χ2n) is 4.16. The van der Waals surface area contributed by atoms with Gasteiger partial charge in [-0.05, 0) is 5.92 Å². The molecule has 1 saturated heterocycles. The van der Waals surface area contributed by atoms with Crippen LogP contribution in [0.3, 0.4) is 0 Å². The molecule has 1 aliphatic heterocycles. The lowest BCUT2D eigenvalue weighted by molar-refractivity contribution is -0.0623. The van der Waals surface area contributed by atoms with Crippen molar-refractivity contribution in [2.45, 2.75) is 19.4 Å². The third kappa shape index (κ3) is 2.42. The predicted octanol–water partition coefficient (Wildman–Crippen LogP) is 1.54. The third-order valence-corrected chi connectivity index (χ3v) is 6.96. The van der Waals surface area contributed by atoms with Gasteiger partial charge in [0.05, 0.1) is 13.2 Å². The first-order valence-corrected chi connectivity index (χ1v) is 7.14. The highest BCUT2D eigenvalue weighted by Gasteiger charge is 2.49. The molecule has 0 saturated carbocycles. The van der Waals surface area contributed by atoms with E-state index >= 15 is 0 Å². The number of ether oxygens (including phenoxy) is 1. The largest absolute Gasteiger partial charge is 0.503 e. The molecule has 2 atom stereocenters. The summed E-state index contributed by atoms with van der Waals surface area (Å²) in [7, 11) is 2.51. The summed E-state index contributed by atoms with van der Waals surface area (Å²) in [5, 5.41) is 0. The van der Waals surface area contributed by atoms with Crippen LogP contribution in [0, 0.1) is 11.8 Å². The molecule has 5 heteroatoms. The minimum Gasteiger partial charge on any atom is -0.381 e. The van der Waals surface area contributed by atoms with Crippen LogP contribution in [0.4, 0.5) is 0 Å². The van der Waals surface area contributed by atoms with Crippen LogP contribution in [0.25, 0.3) is 0 Å². The SMILES string of the molecule is CO[Si](OC)(OC)C(C)C(C)C1COC1. The number of hydrogen-bond donors (Lipinski definition) is 0. The quantitative estimate of drug-likeness (QED) is 0.653. The lowest BCUT2D eigenvalue weighted by Gasteiger charge is -2.40. The van der Waals surface area contributed by atoms with Crippen LogP contribution in [0.5, 0.6) is 0 Å². The Morgan fingerprint density at radius 1 is 1.07 bits per heavy atom. The summed E-state index contributed by atoms with van der Waals surface area (Å²) < 4.78 is 21.7. The van der Waals surface area contributed by atoms with Crippen LogP contribution >= 0.6 is 0 Å². The molecular formula is C10H22O4Si. The molecule has 0 aromatic heterocycles. The fourth-order valence-corrected chi connectivity index (χ4v) is 4.63. The molecule has 0 aromatic rings. The Kier molecular flexibility index (Phi) is 4.73. The molecule has 0 aliphatic carbocycles. The Labute approximate surface area is 93.2 Å². The Bertz CT molecular complexity index is 184. The van der Waals surface area contributed by atoms with E-state index in [2.05, 4.69) is 13.8 Å². The maximum absolute atomic E-state index is 5.49. The van der Waals surface area contributed by atoms with Gasteiger partial charge < -0.3 is 18.0 Å². The van der Waals surface area contributed by atoms with Gasteiger partial charge in [0.15, 0.2) is 0 Å². The zero-order valence-corrected chi connectivity index (χ0v) is 11.3. The summed E-state index contributed by atoms with van der Waals surface area (Å²) in [6, 6.07) is 0. The van der Waals surface area contributed by atoms with Crippen LogP contribution in [-0.4, -0.2) is 43.3 Å². The van der Waals surface area contributed by atoms with E-state index < -0.39 is 8.80 Å². The smallest absolute Gasteiger partial charge is 0.381 e. The highest BCUT2D eigenvalue weighted by Crippen LogP contribution is 2.37. The van der Waals surface area contributed by atoms with E-state index in [1.54, 1.807) is 21.3 Å². The van der Waals surface area contributed by atoms with E-state index in [0.29, 0.717) is 17.4 Å². The molecular weight excluding hydrogens is 212 g/mol. The van der Waals surface area contributed by atoms with Crippen LogP contribution in [0.1, 0.15) is 13.8 Å². The fourth-order valence-electron chi connectivity index (χ4n) is 2.10. The van der Waals surface area contributed by atoms with Gasteiger partial charge in [-0.2, -0.15) is 0 Å². The number of rotatable bonds is 6. The predicted molar refractivity (Wildman–Crippen MR) is 59.7 cm³/mol. The maximum Gasteiger partial charge on any atom is 0.503 e. The van der Waals surface area contributed by atoms with E-state index in [-0.39, 0.29) is 0 Å². The molecule has 90 valence electrons. The van der Waals surface area contributed by atoms with Crippen LogP contribution in [0.15, 0.2) is 0 Å². The van der Waals surface area contributed by atoms with Gasteiger partial charge >= 0.3 is 8.80 Å². The van der Waals surface area contributed by atoms with E-state index in [9.17, 15) is 0 Å². The standard InChI is InChI=1S/C10H22O4Si/c1-8(10-6-14-7-10)9(2)15(11-3,12-4)13-5/h8-10H,6-7H2,1-5H3. The molecule has 0 bridgehead atoms. The average molecular weight is 234 g/mol. The van der Waals surface area contributed by atoms with Crippen molar-refractivity contribution in [3.8, 4) is 0 Å². The second-order valence-corrected chi connectivity index (χ2v) is 7.50. The second kappa shape index (κ2) is 5.40. The third-order valence-electron chi connectivity index (χ3n) is 3.61. The highest BCUT2D eigenvalue weighted by atomic mass is 28.4. The summed E-state index contributed by atoms with van der Waals surface area (Å²) in [4.78, 5) is 0. The Balaban J connectivity index is 2.65. The molecule has 15 heavy (non-hydrogen) atoms. The van der Waals surface area contributed by atoms with Gasteiger partial charge in [0.1, 0.15) is 0 Å². The molecule has 1 heterocycles. The van der Waals surface area contributed by atoms with Crippen molar-refractivity contribution < 1.29 is 18.0 Å². The Morgan fingerprint density at radius 3 is 1.80 bits per heavy atom. The van der Waals surface area contributed by atoms with Gasteiger partial charge in [-0.15, -0.1) is 0 Å². The molecule has 0 aromatic carbocycles. The molecule has 0 amide bonds. The van der Waals surface area contributed by atoms with Gasteiger partial charge in [-0.25, -0.2) is 0 Å². The van der Waals surface area contributed by atoms with Crippen LogP contribution < -0.4 is 0 Å². The topological polar surface area (TPSA) is 36.9 Å². The average Bonchev–Trinajstić information content (AvgIpc) is 2.18. The van der Waals surface area contributed by atoms with Gasteiger partial charge in [-0.1, -0.05) is 13.8 Å². The lowest BCUT2D eigenvalue weighted by Crippen LogP contribution is -2.51. The van der Waals surface area contributed by atoms with Crippen LogP contribution in [-0.2, 0) is 18.0 Å². The molecule has 2 unspecified atom stereocenters. The zero-order chi connectivity index (χ0) is 11.5. The molecule has 1 aliphatic rings. The molecule has 1 fully saturated rings. The van der Waals surface area contributed by atoms with Gasteiger partial charge in [0.25, 0.3) is 0 Å². The van der Waals surface area contributed by atoms with Gasteiger partial charge in [-0.3, -0.25) is 0 Å². The van der Waals surface area contributed by atoms with Gasteiger partial charge in [0, 0.05) is 32.8 Å². The minimum absolute atomic E-state index is 0.298. The van der Waals surface area contributed by atoms with E-state index in [4.69, 9.17) is 18.0 Å². The van der Waals surface area contributed by atoms with Crippen molar-refractivity contribution >= 4 is 8.80 Å². The molecule has 1 rings (SSSR count). The van der Waals surface area contributed by atoms with E-state index in [1.807, 2.05) is 0 Å². The monoisotopic (exact) mass is 234 g/mol. The normalized spacial score (nSPS) is 22.2.